The molecule has 0 spiro atoms. The van der Waals surface area contributed by atoms with E-state index in [1.54, 1.807) is 23.1 Å². The summed E-state index contributed by atoms with van der Waals surface area (Å²) in [5, 5.41) is 4.04. The number of hydrogen-bond donors (Lipinski definition) is 0. The van der Waals surface area contributed by atoms with Crippen LogP contribution in [0.2, 0.25) is 0 Å². The SMILES string of the molecule is Cc1ccccc1OCC(=O)N1CCc2onc(-c3ccccc3F)c2C1. The molecule has 0 saturated heterocycles. The average Bonchev–Trinajstić information content (AvgIpc) is 3.10. The third kappa shape index (κ3) is 3.43. The lowest BCUT2D eigenvalue weighted by atomic mass is 10.0. The Morgan fingerprint density at radius 1 is 1.22 bits per heavy atom. The molecule has 3 aromatic rings. The van der Waals surface area contributed by atoms with Crippen LogP contribution in [0, 0.1) is 12.7 Å². The fourth-order valence-corrected chi connectivity index (χ4v) is 3.24. The molecule has 2 heterocycles. The van der Waals surface area contributed by atoms with Crippen molar-refractivity contribution in [3.8, 4) is 17.0 Å². The zero-order chi connectivity index (χ0) is 18.8. The van der Waals surface area contributed by atoms with Crippen LogP contribution in [-0.4, -0.2) is 29.1 Å². The first-order chi connectivity index (χ1) is 13.1. The van der Waals surface area contributed by atoms with Gasteiger partial charge in [-0.3, -0.25) is 4.79 Å². The molecule has 1 amide bonds. The number of nitrogens with zero attached hydrogens (tertiary/aromatic N) is 2. The molecular formula is C21H19FN2O3. The Hall–Kier alpha value is -3.15. The van der Waals surface area contributed by atoms with E-state index < -0.39 is 0 Å². The highest BCUT2D eigenvalue weighted by molar-refractivity contribution is 5.78. The van der Waals surface area contributed by atoms with Gasteiger partial charge in [0, 0.05) is 24.1 Å². The smallest absolute Gasteiger partial charge is 0.260 e. The van der Waals surface area contributed by atoms with Crippen LogP contribution in [0.25, 0.3) is 11.3 Å². The summed E-state index contributed by atoms with van der Waals surface area (Å²) in [6.07, 6.45) is 0.549. The lowest BCUT2D eigenvalue weighted by molar-refractivity contribution is -0.134. The number of aryl methyl sites for hydroxylation is 1. The second-order valence-electron chi connectivity index (χ2n) is 6.53. The van der Waals surface area contributed by atoms with Crippen LogP contribution in [0.4, 0.5) is 4.39 Å². The third-order valence-corrected chi connectivity index (χ3v) is 4.75. The maximum atomic E-state index is 14.1. The minimum Gasteiger partial charge on any atom is -0.484 e. The van der Waals surface area contributed by atoms with Crippen LogP contribution in [0.15, 0.2) is 53.1 Å². The van der Waals surface area contributed by atoms with E-state index in [1.165, 1.54) is 6.07 Å². The van der Waals surface area contributed by atoms with E-state index in [0.717, 1.165) is 11.1 Å². The predicted octanol–water partition coefficient (Wildman–Crippen LogP) is 3.75. The van der Waals surface area contributed by atoms with Crippen molar-refractivity contribution in [2.24, 2.45) is 0 Å². The van der Waals surface area contributed by atoms with Gasteiger partial charge in [0.15, 0.2) is 6.61 Å². The van der Waals surface area contributed by atoms with Gasteiger partial charge in [-0.25, -0.2) is 4.39 Å². The van der Waals surface area contributed by atoms with Crippen molar-refractivity contribution in [3.05, 3.63) is 71.2 Å². The normalized spacial score (nSPS) is 13.3. The molecule has 1 aliphatic rings. The van der Waals surface area contributed by atoms with Gasteiger partial charge in [-0.1, -0.05) is 35.5 Å². The van der Waals surface area contributed by atoms with Crippen LogP contribution in [0.1, 0.15) is 16.9 Å². The van der Waals surface area contributed by atoms with E-state index in [2.05, 4.69) is 5.16 Å². The van der Waals surface area contributed by atoms with Gasteiger partial charge in [0.25, 0.3) is 5.91 Å². The number of ether oxygens (including phenoxy) is 1. The number of rotatable bonds is 4. The summed E-state index contributed by atoms with van der Waals surface area (Å²) >= 11 is 0. The van der Waals surface area contributed by atoms with Gasteiger partial charge >= 0.3 is 0 Å². The fourth-order valence-electron chi connectivity index (χ4n) is 3.24. The van der Waals surface area contributed by atoms with Crippen LogP contribution < -0.4 is 4.74 Å². The minimum atomic E-state index is -0.361. The van der Waals surface area contributed by atoms with E-state index in [-0.39, 0.29) is 18.3 Å². The summed E-state index contributed by atoms with van der Waals surface area (Å²) < 4.78 is 25.2. The van der Waals surface area contributed by atoms with Gasteiger partial charge in [0.05, 0.1) is 6.54 Å². The van der Waals surface area contributed by atoms with E-state index >= 15 is 0 Å². The molecule has 0 atom stereocenters. The second kappa shape index (κ2) is 7.23. The molecule has 5 nitrogen and oxygen atoms in total. The Morgan fingerprint density at radius 3 is 2.81 bits per heavy atom. The van der Waals surface area contributed by atoms with Crippen molar-refractivity contribution in [1.82, 2.24) is 10.1 Å². The fraction of sp³-hybridized carbons (Fsp3) is 0.238. The Morgan fingerprint density at radius 2 is 2.00 bits per heavy atom. The van der Waals surface area contributed by atoms with Crippen molar-refractivity contribution < 1.29 is 18.4 Å². The first-order valence-electron chi connectivity index (χ1n) is 8.82. The number of benzene rings is 2. The maximum Gasteiger partial charge on any atom is 0.260 e. The van der Waals surface area contributed by atoms with E-state index in [4.69, 9.17) is 9.26 Å². The molecular weight excluding hydrogens is 347 g/mol. The Balaban J connectivity index is 1.50. The number of halogens is 1. The van der Waals surface area contributed by atoms with Gasteiger partial charge in [-0.2, -0.15) is 0 Å². The number of amides is 1. The number of para-hydroxylation sites is 1. The van der Waals surface area contributed by atoms with Crippen molar-refractivity contribution in [3.63, 3.8) is 0 Å². The van der Waals surface area contributed by atoms with Crippen molar-refractivity contribution >= 4 is 5.91 Å². The monoisotopic (exact) mass is 366 g/mol. The summed E-state index contributed by atoms with van der Waals surface area (Å²) in [5.41, 5.74) is 2.58. The van der Waals surface area contributed by atoms with Crippen molar-refractivity contribution in [2.75, 3.05) is 13.2 Å². The molecule has 0 radical (unpaired) electrons. The Bertz CT molecular complexity index is 983. The Labute approximate surface area is 156 Å². The van der Waals surface area contributed by atoms with Crippen molar-refractivity contribution in [2.45, 2.75) is 19.9 Å². The van der Waals surface area contributed by atoms with Crippen LogP contribution in [0.5, 0.6) is 5.75 Å². The highest BCUT2D eigenvalue weighted by Gasteiger charge is 2.28. The number of carbonyl (C=O) groups is 1. The molecule has 0 fully saturated rings. The molecule has 0 aliphatic carbocycles. The highest BCUT2D eigenvalue weighted by atomic mass is 19.1. The first kappa shape index (κ1) is 17.3. The lowest BCUT2D eigenvalue weighted by Crippen LogP contribution is -2.38. The van der Waals surface area contributed by atoms with E-state index in [1.807, 2.05) is 31.2 Å². The molecule has 0 bridgehead atoms. The molecule has 0 N–H and O–H groups in total. The lowest BCUT2D eigenvalue weighted by Gasteiger charge is -2.26. The van der Waals surface area contributed by atoms with Crippen LogP contribution in [0.3, 0.4) is 0 Å². The summed E-state index contributed by atoms with van der Waals surface area (Å²) in [6.45, 7) is 2.75. The van der Waals surface area contributed by atoms with Gasteiger partial charge in [0.1, 0.15) is 23.0 Å². The number of hydrogen-bond acceptors (Lipinski definition) is 4. The maximum absolute atomic E-state index is 14.1. The second-order valence-corrected chi connectivity index (χ2v) is 6.53. The number of carbonyl (C=O) groups excluding carboxylic acids is 1. The molecule has 1 aromatic heterocycles. The largest absolute Gasteiger partial charge is 0.484 e. The summed E-state index contributed by atoms with van der Waals surface area (Å²) in [4.78, 5) is 14.3. The van der Waals surface area contributed by atoms with Crippen molar-refractivity contribution in [1.29, 1.82) is 0 Å². The van der Waals surface area contributed by atoms with Crippen LogP contribution >= 0.6 is 0 Å². The van der Waals surface area contributed by atoms with Gasteiger partial charge in [-0.15, -0.1) is 0 Å². The average molecular weight is 366 g/mol. The van der Waals surface area contributed by atoms with Gasteiger partial charge in [0.2, 0.25) is 0 Å². The molecule has 27 heavy (non-hydrogen) atoms. The van der Waals surface area contributed by atoms with Crippen LogP contribution in [-0.2, 0) is 17.8 Å². The van der Waals surface area contributed by atoms with E-state index in [9.17, 15) is 9.18 Å². The van der Waals surface area contributed by atoms with Gasteiger partial charge in [-0.05, 0) is 30.7 Å². The minimum absolute atomic E-state index is 0.0412. The Kier molecular flexibility index (Phi) is 4.62. The summed E-state index contributed by atoms with van der Waals surface area (Å²) in [5.74, 6) is 0.919. The molecule has 4 rings (SSSR count). The third-order valence-electron chi connectivity index (χ3n) is 4.75. The first-order valence-corrected chi connectivity index (χ1v) is 8.82. The predicted molar refractivity (Wildman–Crippen MR) is 97.7 cm³/mol. The molecule has 0 unspecified atom stereocenters. The summed E-state index contributed by atoms with van der Waals surface area (Å²) in [7, 11) is 0. The molecule has 2 aromatic carbocycles. The van der Waals surface area contributed by atoms with Gasteiger partial charge < -0.3 is 14.2 Å². The number of aromatic nitrogens is 1. The zero-order valence-electron chi connectivity index (χ0n) is 14.9. The number of fused-ring (bicyclic) bond motifs is 1. The molecule has 138 valence electrons. The highest BCUT2D eigenvalue weighted by Crippen LogP contribution is 2.31. The molecule has 1 aliphatic heterocycles. The zero-order valence-corrected chi connectivity index (χ0v) is 14.9. The van der Waals surface area contributed by atoms with E-state index in [0.29, 0.717) is 42.3 Å². The summed E-state index contributed by atoms with van der Waals surface area (Å²) in [6, 6.07) is 14.0. The standard InChI is InChI=1S/C21H19FN2O3/c1-14-6-2-5-9-18(14)26-13-20(25)24-11-10-19-16(12-24)21(23-27-19)15-7-3-4-8-17(15)22/h2-9H,10-13H2,1H3. The quantitative estimate of drug-likeness (QED) is 0.706. The molecule has 0 saturated carbocycles. The molecule has 6 heteroatoms. The topological polar surface area (TPSA) is 55.6 Å².